The lowest BCUT2D eigenvalue weighted by atomic mass is 10.1. The first-order valence-electron chi connectivity index (χ1n) is 9.66. The molecule has 0 aliphatic carbocycles. The molecule has 30 heavy (non-hydrogen) atoms. The maximum Gasteiger partial charge on any atom is 0.272 e. The first-order valence-corrected chi connectivity index (χ1v) is 9.66. The van der Waals surface area contributed by atoms with Crippen LogP contribution in [-0.2, 0) is 4.79 Å². The molecule has 5 heteroatoms. The highest BCUT2D eigenvalue weighted by Gasteiger charge is 2.15. The van der Waals surface area contributed by atoms with E-state index in [1.54, 1.807) is 30.3 Å². The van der Waals surface area contributed by atoms with E-state index in [1.165, 1.54) is 0 Å². The normalized spacial score (nSPS) is 11.0. The molecule has 0 unspecified atom stereocenters. The predicted octanol–water partition coefficient (Wildman–Crippen LogP) is 4.47. The SMILES string of the molecule is Cc1cccc(C(=O)NC(=Cc2ccc(N(C)C)cc2)C(=O)Nc2ccccc2)c1. The molecule has 0 bridgehead atoms. The summed E-state index contributed by atoms with van der Waals surface area (Å²) >= 11 is 0. The molecular formula is C25H25N3O2. The Morgan fingerprint density at radius 2 is 1.57 bits per heavy atom. The van der Waals surface area contributed by atoms with Gasteiger partial charge in [-0.05, 0) is 55.0 Å². The fourth-order valence-corrected chi connectivity index (χ4v) is 2.89. The summed E-state index contributed by atoms with van der Waals surface area (Å²) in [5.74, 6) is -0.725. The van der Waals surface area contributed by atoms with Crippen LogP contribution in [0.1, 0.15) is 21.5 Å². The molecular weight excluding hydrogens is 374 g/mol. The van der Waals surface area contributed by atoms with E-state index in [0.29, 0.717) is 11.3 Å². The fourth-order valence-electron chi connectivity index (χ4n) is 2.89. The molecule has 0 radical (unpaired) electrons. The predicted molar refractivity (Wildman–Crippen MR) is 122 cm³/mol. The van der Waals surface area contributed by atoms with Gasteiger partial charge in [-0.2, -0.15) is 0 Å². The second-order valence-electron chi connectivity index (χ2n) is 7.19. The van der Waals surface area contributed by atoms with E-state index in [0.717, 1.165) is 16.8 Å². The number of carbonyl (C=O) groups excluding carboxylic acids is 2. The minimum atomic E-state index is -0.390. The van der Waals surface area contributed by atoms with E-state index in [2.05, 4.69) is 10.6 Å². The van der Waals surface area contributed by atoms with E-state index in [9.17, 15) is 9.59 Å². The van der Waals surface area contributed by atoms with Gasteiger partial charge in [0.1, 0.15) is 5.70 Å². The number of carbonyl (C=O) groups is 2. The minimum absolute atomic E-state index is 0.169. The molecule has 0 heterocycles. The molecule has 0 saturated heterocycles. The van der Waals surface area contributed by atoms with Crippen LogP contribution in [0.3, 0.4) is 0 Å². The van der Waals surface area contributed by atoms with Crippen LogP contribution in [0.15, 0.2) is 84.6 Å². The zero-order valence-corrected chi connectivity index (χ0v) is 17.3. The smallest absolute Gasteiger partial charge is 0.272 e. The third kappa shape index (κ3) is 5.58. The second-order valence-corrected chi connectivity index (χ2v) is 7.19. The zero-order chi connectivity index (χ0) is 21.5. The molecule has 152 valence electrons. The number of hydrogen-bond donors (Lipinski definition) is 2. The number of benzene rings is 3. The maximum atomic E-state index is 12.9. The minimum Gasteiger partial charge on any atom is -0.378 e. The Morgan fingerprint density at radius 3 is 2.20 bits per heavy atom. The van der Waals surface area contributed by atoms with Gasteiger partial charge in [0.25, 0.3) is 11.8 Å². The number of nitrogens with zero attached hydrogens (tertiary/aromatic N) is 1. The Balaban J connectivity index is 1.89. The van der Waals surface area contributed by atoms with E-state index in [1.807, 2.05) is 80.5 Å². The Kier molecular flexibility index (Phi) is 6.65. The standard InChI is InChI=1S/C25H25N3O2/c1-18-8-7-9-20(16-18)24(29)27-23(25(30)26-21-10-5-4-6-11-21)17-19-12-14-22(15-13-19)28(2)3/h4-17H,1-3H3,(H,26,30)(H,27,29). The molecule has 3 rings (SSSR count). The molecule has 0 saturated carbocycles. The topological polar surface area (TPSA) is 61.4 Å². The maximum absolute atomic E-state index is 12.9. The molecule has 2 N–H and O–H groups in total. The van der Waals surface area contributed by atoms with E-state index >= 15 is 0 Å². The van der Waals surface area contributed by atoms with E-state index < -0.39 is 0 Å². The van der Waals surface area contributed by atoms with Gasteiger partial charge < -0.3 is 15.5 Å². The van der Waals surface area contributed by atoms with Crippen molar-refractivity contribution in [2.75, 3.05) is 24.3 Å². The van der Waals surface area contributed by atoms with Crippen molar-refractivity contribution in [3.8, 4) is 0 Å². The Bertz CT molecular complexity index is 1060. The summed E-state index contributed by atoms with van der Waals surface area (Å²) in [4.78, 5) is 27.7. The first-order chi connectivity index (χ1) is 14.4. The lowest BCUT2D eigenvalue weighted by Gasteiger charge is -2.13. The summed E-state index contributed by atoms with van der Waals surface area (Å²) in [6.07, 6.45) is 1.67. The number of rotatable bonds is 6. The largest absolute Gasteiger partial charge is 0.378 e. The van der Waals surface area contributed by atoms with Crippen LogP contribution < -0.4 is 15.5 Å². The lowest BCUT2D eigenvalue weighted by molar-refractivity contribution is -0.113. The second kappa shape index (κ2) is 9.56. The van der Waals surface area contributed by atoms with Gasteiger partial charge in [0.05, 0.1) is 0 Å². The number of nitrogens with one attached hydrogen (secondary N) is 2. The van der Waals surface area contributed by atoms with Gasteiger partial charge in [-0.1, -0.05) is 48.0 Å². The zero-order valence-electron chi connectivity index (χ0n) is 17.3. The van der Waals surface area contributed by atoms with Crippen molar-refractivity contribution < 1.29 is 9.59 Å². The molecule has 0 fully saturated rings. The molecule has 3 aromatic carbocycles. The van der Waals surface area contributed by atoms with Crippen LogP contribution >= 0.6 is 0 Å². The highest BCUT2D eigenvalue weighted by molar-refractivity contribution is 6.10. The van der Waals surface area contributed by atoms with Crippen LogP contribution in [0.2, 0.25) is 0 Å². The monoisotopic (exact) mass is 399 g/mol. The van der Waals surface area contributed by atoms with Crippen LogP contribution in [0.4, 0.5) is 11.4 Å². The first kappa shape index (κ1) is 20.9. The van der Waals surface area contributed by atoms with Crippen LogP contribution in [0.25, 0.3) is 6.08 Å². The van der Waals surface area contributed by atoms with Crippen LogP contribution in [0.5, 0.6) is 0 Å². The third-order valence-electron chi connectivity index (χ3n) is 4.53. The van der Waals surface area contributed by atoms with Gasteiger partial charge in [0.15, 0.2) is 0 Å². The Hall–Kier alpha value is -3.86. The average molecular weight is 399 g/mol. The summed E-state index contributed by atoms with van der Waals surface area (Å²) < 4.78 is 0. The van der Waals surface area contributed by atoms with Gasteiger partial charge >= 0.3 is 0 Å². The molecule has 0 spiro atoms. The summed E-state index contributed by atoms with van der Waals surface area (Å²) in [5.41, 5.74) is 4.15. The van der Waals surface area contributed by atoms with E-state index in [-0.39, 0.29) is 17.5 Å². The lowest BCUT2D eigenvalue weighted by Crippen LogP contribution is -2.30. The Morgan fingerprint density at radius 1 is 0.867 bits per heavy atom. The molecule has 3 aromatic rings. The number of amides is 2. The molecule has 5 nitrogen and oxygen atoms in total. The number of para-hydroxylation sites is 1. The summed E-state index contributed by atoms with van der Waals surface area (Å²) in [6.45, 7) is 1.92. The van der Waals surface area contributed by atoms with Crippen LogP contribution in [0, 0.1) is 6.92 Å². The van der Waals surface area contributed by atoms with Crippen molar-refractivity contribution in [1.82, 2.24) is 5.32 Å². The highest BCUT2D eigenvalue weighted by atomic mass is 16.2. The molecule has 0 atom stereocenters. The van der Waals surface area contributed by atoms with Gasteiger partial charge in [-0.15, -0.1) is 0 Å². The Labute approximate surface area is 177 Å². The molecule has 0 aliphatic heterocycles. The van der Waals surface area contributed by atoms with Gasteiger partial charge in [0.2, 0.25) is 0 Å². The molecule has 2 amide bonds. The van der Waals surface area contributed by atoms with Crippen molar-refractivity contribution in [2.45, 2.75) is 6.92 Å². The summed E-state index contributed by atoms with van der Waals surface area (Å²) in [7, 11) is 3.93. The third-order valence-corrected chi connectivity index (χ3v) is 4.53. The average Bonchev–Trinajstić information content (AvgIpc) is 2.74. The van der Waals surface area contributed by atoms with Crippen molar-refractivity contribution in [3.05, 3.63) is 101 Å². The number of aryl methyl sites for hydroxylation is 1. The number of hydrogen-bond acceptors (Lipinski definition) is 3. The number of anilines is 2. The quantitative estimate of drug-likeness (QED) is 0.601. The van der Waals surface area contributed by atoms with Crippen molar-refractivity contribution in [3.63, 3.8) is 0 Å². The van der Waals surface area contributed by atoms with Gasteiger partial charge in [-0.25, -0.2) is 0 Å². The summed E-state index contributed by atoms with van der Waals surface area (Å²) in [6, 6.07) is 24.1. The van der Waals surface area contributed by atoms with Gasteiger partial charge in [0, 0.05) is 31.0 Å². The van der Waals surface area contributed by atoms with Gasteiger partial charge in [-0.3, -0.25) is 9.59 Å². The van der Waals surface area contributed by atoms with E-state index in [4.69, 9.17) is 0 Å². The summed E-state index contributed by atoms with van der Waals surface area (Å²) in [5, 5.41) is 5.60. The van der Waals surface area contributed by atoms with Crippen molar-refractivity contribution in [2.24, 2.45) is 0 Å². The fraction of sp³-hybridized carbons (Fsp3) is 0.120. The van der Waals surface area contributed by atoms with Crippen LogP contribution in [-0.4, -0.2) is 25.9 Å². The highest BCUT2D eigenvalue weighted by Crippen LogP contribution is 2.16. The van der Waals surface area contributed by atoms with Crippen molar-refractivity contribution in [1.29, 1.82) is 0 Å². The molecule has 0 aliphatic rings. The van der Waals surface area contributed by atoms with Crippen molar-refractivity contribution >= 4 is 29.3 Å². The molecule has 0 aromatic heterocycles.